The van der Waals surface area contributed by atoms with E-state index in [1.54, 1.807) is 15.7 Å². The lowest BCUT2D eigenvalue weighted by Crippen LogP contribution is -2.31. The standard InChI is InChI=1S/C20H21N3O2S/c24-18(21-12-14-8-4-3-5-9-14)15-13-22-20-23(19(15)25)16-10-6-1-2-7-11-17(16)26-20/h3-5,8-9,13H,1-2,6-7,10-12H2,(H,21,24). The molecule has 0 aliphatic heterocycles. The molecule has 1 N–H and O–H groups in total. The first-order valence-electron chi connectivity index (χ1n) is 9.08. The molecule has 1 amide bonds. The third kappa shape index (κ3) is 3.29. The van der Waals surface area contributed by atoms with E-state index in [-0.39, 0.29) is 17.0 Å². The highest BCUT2D eigenvalue weighted by Crippen LogP contribution is 2.27. The molecule has 0 radical (unpaired) electrons. The second-order valence-electron chi connectivity index (χ2n) is 6.65. The number of nitrogens with one attached hydrogen (secondary N) is 1. The fraction of sp³-hybridized carbons (Fsp3) is 0.350. The van der Waals surface area contributed by atoms with Crippen molar-refractivity contribution in [1.29, 1.82) is 0 Å². The van der Waals surface area contributed by atoms with Gasteiger partial charge >= 0.3 is 0 Å². The van der Waals surface area contributed by atoms with Gasteiger partial charge in [0.15, 0.2) is 4.96 Å². The minimum atomic E-state index is -0.369. The molecule has 1 aliphatic rings. The van der Waals surface area contributed by atoms with E-state index in [0.29, 0.717) is 11.5 Å². The fourth-order valence-electron chi connectivity index (χ4n) is 3.45. The molecule has 0 saturated carbocycles. The molecule has 3 aromatic rings. The summed E-state index contributed by atoms with van der Waals surface area (Å²) >= 11 is 1.59. The second-order valence-corrected chi connectivity index (χ2v) is 7.71. The number of hydrogen-bond donors (Lipinski definition) is 1. The van der Waals surface area contributed by atoms with Gasteiger partial charge in [-0.1, -0.05) is 43.2 Å². The Labute approximate surface area is 155 Å². The lowest BCUT2D eigenvalue weighted by atomic mass is 10.0. The SMILES string of the molecule is O=C(NCc1ccccc1)c1cnc2sc3c(n2c1=O)CCCCCC3. The molecule has 0 unspecified atom stereocenters. The first-order chi connectivity index (χ1) is 12.7. The Morgan fingerprint density at radius 2 is 1.88 bits per heavy atom. The lowest BCUT2D eigenvalue weighted by Gasteiger charge is -2.10. The van der Waals surface area contributed by atoms with Crippen molar-refractivity contribution in [2.24, 2.45) is 0 Å². The number of carbonyl (C=O) groups excluding carboxylic acids is 1. The fourth-order valence-corrected chi connectivity index (χ4v) is 4.62. The maximum absolute atomic E-state index is 13.0. The van der Waals surface area contributed by atoms with Gasteiger partial charge in [-0.2, -0.15) is 0 Å². The minimum absolute atomic E-state index is 0.112. The Bertz CT molecular complexity index is 991. The monoisotopic (exact) mass is 367 g/mol. The van der Waals surface area contributed by atoms with Crippen molar-refractivity contribution in [2.45, 2.75) is 45.1 Å². The summed E-state index contributed by atoms with van der Waals surface area (Å²) in [5.41, 5.74) is 1.91. The smallest absolute Gasteiger partial charge is 0.271 e. The number of aromatic nitrogens is 2. The summed E-state index contributed by atoms with van der Waals surface area (Å²) in [7, 11) is 0. The number of amides is 1. The number of thiazole rings is 1. The Hall–Kier alpha value is -2.47. The van der Waals surface area contributed by atoms with Crippen LogP contribution in [0.5, 0.6) is 0 Å². The van der Waals surface area contributed by atoms with Crippen LogP contribution in [0, 0.1) is 0 Å². The molecular weight excluding hydrogens is 346 g/mol. The van der Waals surface area contributed by atoms with Crippen LogP contribution in [0.3, 0.4) is 0 Å². The quantitative estimate of drug-likeness (QED) is 0.772. The molecule has 0 saturated heterocycles. The van der Waals surface area contributed by atoms with Crippen molar-refractivity contribution < 1.29 is 4.79 Å². The highest BCUT2D eigenvalue weighted by atomic mass is 32.1. The van der Waals surface area contributed by atoms with Gasteiger partial charge < -0.3 is 5.32 Å². The summed E-state index contributed by atoms with van der Waals surface area (Å²) in [6.07, 6.45) is 7.96. The number of hydrogen-bond acceptors (Lipinski definition) is 4. The third-order valence-corrected chi connectivity index (χ3v) is 6.00. The third-order valence-electron chi connectivity index (χ3n) is 4.84. The van der Waals surface area contributed by atoms with Gasteiger partial charge in [-0.25, -0.2) is 4.98 Å². The van der Waals surface area contributed by atoms with E-state index in [9.17, 15) is 9.59 Å². The second kappa shape index (κ2) is 7.41. The van der Waals surface area contributed by atoms with Crippen molar-refractivity contribution >= 4 is 22.2 Å². The van der Waals surface area contributed by atoms with E-state index >= 15 is 0 Å². The number of aryl methyl sites for hydroxylation is 2. The maximum Gasteiger partial charge on any atom is 0.271 e. The zero-order chi connectivity index (χ0) is 17.9. The topological polar surface area (TPSA) is 63.5 Å². The summed E-state index contributed by atoms with van der Waals surface area (Å²) in [4.78, 5) is 31.9. The summed E-state index contributed by atoms with van der Waals surface area (Å²) in [6, 6.07) is 9.66. The minimum Gasteiger partial charge on any atom is -0.348 e. The van der Waals surface area contributed by atoms with Crippen LogP contribution in [-0.2, 0) is 19.4 Å². The van der Waals surface area contributed by atoms with Crippen LogP contribution in [-0.4, -0.2) is 15.3 Å². The van der Waals surface area contributed by atoms with E-state index in [4.69, 9.17) is 0 Å². The van der Waals surface area contributed by atoms with Gasteiger partial charge in [0.25, 0.3) is 11.5 Å². The van der Waals surface area contributed by atoms with Crippen LogP contribution >= 0.6 is 11.3 Å². The first-order valence-corrected chi connectivity index (χ1v) is 9.90. The number of fused-ring (bicyclic) bond motifs is 3. The summed E-state index contributed by atoms with van der Waals surface area (Å²) in [5, 5.41) is 2.83. The highest BCUT2D eigenvalue weighted by Gasteiger charge is 2.20. The molecule has 2 aromatic heterocycles. The Morgan fingerprint density at radius 1 is 1.12 bits per heavy atom. The predicted octanol–water partition coefficient (Wildman–Crippen LogP) is 3.35. The molecule has 0 atom stereocenters. The molecule has 0 spiro atoms. The van der Waals surface area contributed by atoms with Crippen molar-refractivity contribution in [3.8, 4) is 0 Å². The Morgan fingerprint density at radius 3 is 2.69 bits per heavy atom. The van der Waals surface area contributed by atoms with Gasteiger partial charge in [-0.3, -0.25) is 14.0 Å². The van der Waals surface area contributed by atoms with Crippen LogP contribution in [0.1, 0.15) is 52.2 Å². The molecule has 134 valence electrons. The van der Waals surface area contributed by atoms with E-state index in [2.05, 4.69) is 10.3 Å². The normalized spacial score (nSPS) is 14.5. The molecule has 0 fully saturated rings. The molecule has 0 bridgehead atoms. The van der Waals surface area contributed by atoms with E-state index in [0.717, 1.165) is 36.9 Å². The zero-order valence-corrected chi connectivity index (χ0v) is 15.3. The summed E-state index contributed by atoms with van der Waals surface area (Å²) in [5.74, 6) is -0.369. The largest absolute Gasteiger partial charge is 0.348 e. The van der Waals surface area contributed by atoms with Crippen molar-refractivity contribution in [2.75, 3.05) is 0 Å². The zero-order valence-electron chi connectivity index (χ0n) is 14.5. The predicted molar refractivity (Wildman–Crippen MR) is 103 cm³/mol. The number of carbonyl (C=O) groups is 1. The lowest BCUT2D eigenvalue weighted by molar-refractivity contribution is 0.0949. The number of rotatable bonds is 3. The van der Waals surface area contributed by atoms with Crippen LogP contribution < -0.4 is 10.9 Å². The Kier molecular flexibility index (Phi) is 4.84. The molecule has 6 heteroatoms. The van der Waals surface area contributed by atoms with Gasteiger partial charge in [0.1, 0.15) is 5.56 Å². The summed E-state index contributed by atoms with van der Waals surface area (Å²) in [6.45, 7) is 0.392. The van der Waals surface area contributed by atoms with Crippen LogP contribution in [0.2, 0.25) is 0 Å². The van der Waals surface area contributed by atoms with Gasteiger partial charge in [0.05, 0.1) is 0 Å². The molecule has 5 nitrogen and oxygen atoms in total. The Balaban J connectivity index is 1.65. The highest BCUT2D eigenvalue weighted by molar-refractivity contribution is 7.17. The van der Waals surface area contributed by atoms with Crippen LogP contribution in [0.4, 0.5) is 0 Å². The number of benzene rings is 1. The average molecular weight is 367 g/mol. The van der Waals surface area contributed by atoms with Crippen LogP contribution in [0.15, 0.2) is 41.3 Å². The van der Waals surface area contributed by atoms with Crippen molar-refractivity contribution in [1.82, 2.24) is 14.7 Å². The van der Waals surface area contributed by atoms with Crippen molar-refractivity contribution in [3.63, 3.8) is 0 Å². The molecule has 26 heavy (non-hydrogen) atoms. The van der Waals surface area contributed by atoms with Gasteiger partial charge in [-0.15, -0.1) is 11.3 Å². The first kappa shape index (κ1) is 17.0. The van der Waals surface area contributed by atoms with Gasteiger partial charge in [-0.05, 0) is 31.2 Å². The summed E-state index contributed by atoms with van der Waals surface area (Å²) < 4.78 is 1.67. The van der Waals surface area contributed by atoms with Gasteiger partial charge in [0, 0.05) is 23.3 Å². The average Bonchev–Trinajstić information content (AvgIpc) is 2.98. The van der Waals surface area contributed by atoms with Crippen LogP contribution in [0.25, 0.3) is 4.96 Å². The van der Waals surface area contributed by atoms with E-state index in [1.807, 2.05) is 30.3 Å². The molecule has 1 aliphatic carbocycles. The molecule has 2 heterocycles. The van der Waals surface area contributed by atoms with Gasteiger partial charge in [0.2, 0.25) is 0 Å². The van der Waals surface area contributed by atoms with Crippen molar-refractivity contribution in [3.05, 3.63) is 68.6 Å². The van der Waals surface area contributed by atoms with E-state index < -0.39 is 0 Å². The number of nitrogens with zero attached hydrogens (tertiary/aromatic N) is 2. The maximum atomic E-state index is 13.0. The van der Waals surface area contributed by atoms with E-state index in [1.165, 1.54) is 23.9 Å². The molecule has 4 rings (SSSR count). The molecular formula is C20H21N3O2S. The molecule has 1 aromatic carbocycles.